The fourth-order valence-electron chi connectivity index (χ4n) is 3.37. The van der Waals surface area contributed by atoms with E-state index in [1.807, 2.05) is 0 Å². The summed E-state index contributed by atoms with van der Waals surface area (Å²) in [5, 5.41) is 31.8. The predicted octanol–water partition coefficient (Wildman–Crippen LogP) is 0.277. The zero-order chi connectivity index (χ0) is 20.7. The van der Waals surface area contributed by atoms with Crippen LogP contribution in [0.4, 0.5) is 0 Å². The Hall–Kier alpha value is -1.26. The predicted molar refractivity (Wildman–Crippen MR) is 93.6 cm³/mol. The molecule has 0 aromatic rings. The lowest BCUT2D eigenvalue weighted by molar-refractivity contribution is -0.267. The number of carbonyl (C=O) groups is 2. The van der Waals surface area contributed by atoms with Crippen LogP contribution in [0.25, 0.3) is 0 Å². The van der Waals surface area contributed by atoms with Crippen LogP contribution in [0.2, 0.25) is 0 Å². The molecule has 0 radical (unpaired) electrons. The molecule has 0 aliphatic carbocycles. The number of rotatable bonds is 11. The Morgan fingerprint density at radius 2 is 1.70 bits per heavy atom. The van der Waals surface area contributed by atoms with Crippen molar-refractivity contribution in [3.63, 3.8) is 0 Å². The number of unbranched alkanes of at least 4 members (excludes halogenated alkanes) is 4. The molecule has 0 aromatic heterocycles. The van der Waals surface area contributed by atoms with E-state index in [2.05, 4.69) is 16.4 Å². The smallest absolute Gasteiger partial charge is 0.341 e. The number of aliphatic hydroxyl groups excluding tert-OH is 2. The molecule has 3 N–H and O–H groups in total. The molecule has 1 aliphatic rings. The molecule has 9 heteroatoms. The lowest BCUT2D eigenvalue weighted by Crippen LogP contribution is -2.56. The lowest BCUT2D eigenvalue weighted by atomic mass is 9.87. The average Bonchev–Trinajstić information content (AvgIpc) is 2.93. The minimum Gasteiger partial charge on any atom is -0.469 e. The number of hydrogen-bond donors (Lipinski definition) is 3. The molecule has 5 atom stereocenters. The second-order valence-electron chi connectivity index (χ2n) is 6.82. The minimum absolute atomic E-state index is 0.247. The lowest BCUT2D eigenvalue weighted by Gasteiger charge is -2.33. The highest BCUT2D eigenvalue weighted by Crippen LogP contribution is 2.41. The number of hydrogen-bond acceptors (Lipinski definition) is 9. The Morgan fingerprint density at radius 1 is 1.07 bits per heavy atom. The fourth-order valence-corrected chi connectivity index (χ4v) is 3.37. The number of ether oxygens (including phenoxy) is 4. The van der Waals surface area contributed by atoms with Crippen molar-refractivity contribution in [1.82, 2.24) is 0 Å². The maximum Gasteiger partial charge on any atom is 0.341 e. The summed E-state index contributed by atoms with van der Waals surface area (Å²) in [4.78, 5) is 23.8. The summed E-state index contributed by atoms with van der Waals surface area (Å²) in [5.74, 6) is -3.68. The van der Waals surface area contributed by atoms with Gasteiger partial charge in [-0.2, -0.15) is 0 Å². The second-order valence-corrected chi connectivity index (χ2v) is 6.82. The van der Waals surface area contributed by atoms with Gasteiger partial charge in [-0.15, -0.1) is 0 Å². The highest BCUT2D eigenvalue weighted by molar-refractivity contribution is 5.86. The molecule has 0 bridgehead atoms. The van der Waals surface area contributed by atoms with Crippen molar-refractivity contribution in [3.8, 4) is 0 Å². The van der Waals surface area contributed by atoms with Gasteiger partial charge in [-0.1, -0.05) is 32.6 Å². The van der Waals surface area contributed by atoms with Crippen molar-refractivity contribution in [2.75, 3.05) is 21.3 Å². The third-order valence-corrected chi connectivity index (χ3v) is 5.04. The first-order valence-electron chi connectivity index (χ1n) is 9.19. The van der Waals surface area contributed by atoms with Gasteiger partial charge in [-0.05, 0) is 6.42 Å². The van der Waals surface area contributed by atoms with E-state index in [0.29, 0.717) is 6.42 Å². The van der Waals surface area contributed by atoms with E-state index in [1.54, 1.807) is 0 Å². The minimum atomic E-state index is -2.54. The molecule has 9 nitrogen and oxygen atoms in total. The number of methoxy groups -OCH3 is 3. The van der Waals surface area contributed by atoms with Crippen LogP contribution in [-0.4, -0.2) is 78.3 Å². The molecule has 1 aliphatic heterocycles. The van der Waals surface area contributed by atoms with E-state index in [1.165, 1.54) is 7.11 Å². The monoisotopic (exact) mass is 392 g/mol. The molecule has 1 heterocycles. The summed E-state index contributed by atoms with van der Waals surface area (Å²) in [7, 11) is 3.43. The van der Waals surface area contributed by atoms with E-state index >= 15 is 0 Å². The molecule has 0 unspecified atom stereocenters. The zero-order valence-corrected chi connectivity index (χ0v) is 16.5. The molecule has 27 heavy (non-hydrogen) atoms. The van der Waals surface area contributed by atoms with Crippen molar-refractivity contribution < 1.29 is 43.9 Å². The fraction of sp³-hybridized carbons (Fsp3) is 0.889. The molecule has 1 fully saturated rings. The van der Waals surface area contributed by atoms with Gasteiger partial charge >= 0.3 is 11.9 Å². The van der Waals surface area contributed by atoms with Crippen LogP contribution < -0.4 is 0 Å². The maximum atomic E-state index is 12.2. The molecule has 0 aromatic carbocycles. The summed E-state index contributed by atoms with van der Waals surface area (Å²) in [6.45, 7) is 2.09. The van der Waals surface area contributed by atoms with Gasteiger partial charge in [0.15, 0.2) is 5.79 Å². The molecule has 158 valence electrons. The van der Waals surface area contributed by atoms with Gasteiger partial charge in [0.2, 0.25) is 5.60 Å². The number of carbonyl (C=O) groups excluding carboxylic acids is 2. The zero-order valence-electron chi connectivity index (χ0n) is 16.5. The Labute approximate surface area is 159 Å². The highest BCUT2D eigenvalue weighted by Gasteiger charge is 2.63. The number of aliphatic hydroxyl groups is 3. The normalized spacial score (nSPS) is 30.0. The van der Waals surface area contributed by atoms with Crippen LogP contribution in [0.5, 0.6) is 0 Å². The van der Waals surface area contributed by atoms with E-state index in [4.69, 9.17) is 9.47 Å². The van der Waals surface area contributed by atoms with Crippen molar-refractivity contribution >= 4 is 11.9 Å². The van der Waals surface area contributed by atoms with Crippen LogP contribution in [0.15, 0.2) is 0 Å². The molecule has 1 rings (SSSR count). The van der Waals surface area contributed by atoms with Gasteiger partial charge in [0, 0.05) is 13.5 Å². The third-order valence-electron chi connectivity index (χ3n) is 5.04. The first-order valence-corrected chi connectivity index (χ1v) is 9.19. The van der Waals surface area contributed by atoms with E-state index in [-0.39, 0.29) is 6.42 Å². The van der Waals surface area contributed by atoms with Gasteiger partial charge in [0.1, 0.15) is 18.3 Å². The summed E-state index contributed by atoms with van der Waals surface area (Å²) in [6.07, 6.45) is -0.691. The average molecular weight is 392 g/mol. The van der Waals surface area contributed by atoms with Gasteiger partial charge in [0.05, 0.1) is 20.6 Å². The van der Waals surface area contributed by atoms with Crippen LogP contribution in [-0.2, 0) is 28.5 Å². The Bertz CT molecular complexity index is 497. The van der Waals surface area contributed by atoms with E-state index in [0.717, 1.165) is 39.9 Å². The second kappa shape index (κ2) is 10.3. The molecular formula is C18H32O9. The van der Waals surface area contributed by atoms with Crippen molar-refractivity contribution in [3.05, 3.63) is 0 Å². The molecule has 1 saturated heterocycles. The maximum absolute atomic E-state index is 12.2. The van der Waals surface area contributed by atoms with Crippen LogP contribution in [0.3, 0.4) is 0 Å². The molecule has 0 amide bonds. The van der Waals surface area contributed by atoms with Gasteiger partial charge in [0.25, 0.3) is 0 Å². The summed E-state index contributed by atoms with van der Waals surface area (Å²) in [5.41, 5.74) is -2.54. The van der Waals surface area contributed by atoms with Crippen molar-refractivity contribution in [2.45, 2.75) is 81.6 Å². The molecule has 0 spiro atoms. The topological polar surface area (TPSA) is 132 Å². The molecule has 0 saturated carbocycles. The first-order chi connectivity index (χ1) is 12.7. The molecular weight excluding hydrogens is 360 g/mol. The van der Waals surface area contributed by atoms with Crippen LogP contribution >= 0.6 is 0 Å². The van der Waals surface area contributed by atoms with E-state index in [9.17, 15) is 24.9 Å². The quantitative estimate of drug-likeness (QED) is 0.335. The standard InChI is InChI=1S/C18H32O9/c1-5-6-7-8-9-10-18(26-4)14(21)13(20)15(27-18)17(23,16(22)25-3)11-12(19)24-2/h13-15,20-21,23H,5-11H2,1-4H3/t13-,14-,15-,17+,18+/m1/s1. The van der Waals surface area contributed by atoms with Crippen molar-refractivity contribution in [2.24, 2.45) is 0 Å². The third kappa shape index (κ3) is 5.17. The summed E-state index contributed by atoms with van der Waals surface area (Å²) in [6, 6.07) is 0. The Balaban J connectivity index is 3.02. The number of esters is 2. The van der Waals surface area contributed by atoms with E-state index < -0.39 is 48.1 Å². The SMILES string of the molecule is CCCCCCC[C@]1(OC)O[C@@H]([C@@](O)(CC(=O)OC)C(=O)OC)[C@H](O)[C@H]1O. The van der Waals surface area contributed by atoms with Crippen LogP contribution in [0.1, 0.15) is 51.9 Å². The largest absolute Gasteiger partial charge is 0.469 e. The highest BCUT2D eigenvalue weighted by atomic mass is 16.7. The summed E-state index contributed by atoms with van der Waals surface area (Å²) < 4.78 is 20.1. The van der Waals surface area contributed by atoms with Crippen molar-refractivity contribution in [1.29, 1.82) is 0 Å². The van der Waals surface area contributed by atoms with Gasteiger partial charge in [-0.25, -0.2) is 4.79 Å². The van der Waals surface area contributed by atoms with Gasteiger partial charge < -0.3 is 34.3 Å². The Kier molecular flexibility index (Phi) is 9.10. The van der Waals surface area contributed by atoms with Gasteiger partial charge in [-0.3, -0.25) is 4.79 Å². The Morgan fingerprint density at radius 3 is 2.22 bits per heavy atom. The summed E-state index contributed by atoms with van der Waals surface area (Å²) >= 11 is 0. The van der Waals surface area contributed by atoms with Crippen LogP contribution in [0, 0.1) is 0 Å². The first kappa shape index (κ1) is 23.8.